The van der Waals surface area contributed by atoms with Gasteiger partial charge in [0.2, 0.25) is 10.0 Å². The molecule has 0 spiro atoms. The summed E-state index contributed by atoms with van der Waals surface area (Å²) in [6, 6.07) is 19.4. The Morgan fingerprint density at radius 2 is 1.67 bits per heavy atom. The van der Waals surface area contributed by atoms with Crippen molar-refractivity contribution in [1.29, 1.82) is 5.41 Å². The summed E-state index contributed by atoms with van der Waals surface area (Å²) >= 11 is 0. The average molecular weight is 593 g/mol. The summed E-state index contributed by atoms with van der Waals surface area (Å²) in [5.74, 6) is -1.26. The van der Waals surface area contributed by atoms with E-state index in [1.54, 1.807) is 66.9 Å². The lowest BCUT2D eigenvalue weighted by atomic mass is 9.90. The van der Waals surface area contributed by atoms with E-state index in [2.05, 4.69) is 15.0 Å². The molecule has 43 heavy (non-hydrogen) atoms. The van der Waals surface area contributed by atoms with Crippen molar-refractivity contribution in [1.82, 2.24) is 19.3 Å². The zero-order chi connectivity index (χ0) is 30.1. The maximum atomic E-state index is 14.6. The quantitative estimate of drug-likeness (QED) is 0.169. The number of hydrogen-bond donors (Lipinski definition) is 3. The van der Waals surface area contributed by atoms with Crippen LogP contribution in [0.25, 0.3) is 33.4 Å². The maximum Gasteiger partial charge on any atom is 0.336 e. The number of benzene rings is 3. The molecule has 2 aromatic heterocycles. The maximum absolute atomic E-state index is 14.6. The summed E-state index contributed by atoms with van der Waals surface area (Å²) in [5, 5.41) is 19.0. The number of pyridine rings is 1. The topological polar surface area (TPSA) is 176 Å². The Labute approximate surface area is 245 Å². The van der Waals surface area contributed by atoms with Crippen LogP contribution in [0.1, 0.15) is 21.7 Å². The largest absolute Gasteiger partial charge is 0.478 e. The molecule has 1 aliphatic heterocycles. The van der Waals surface area contributed by atoms with Crippen LogP contribution in [-0.4, -0.2) is 38.8 Å². The molecule has 0 bridgehead atoms. The van der Waals surface area contributed by atoms with Crippen molar-refractivity contribution in [2.45, 2.75) is 18.0 Å². The van der Waals surface area contributed by atoms with Crippen molar-refractivity contribution in [3.8, 4) is 22.5 Å². The van der Waals surface area contributed by atoms with E-state index in [1.165, 1.54) is 30.7 Å². The Kier molecular flexibility index (Phi) is 7.14. The summed E-state index contributed by atoms with van der Waals surface area (Å²) < 4.78 is 36.5. The highest BCUT2D eigenvalue weighted by Crippen LogP contribution is 2.44. The zero-order valence-corrected chi connectivity index (χ0v) is 23.3. The summed E-state index contributed by atoms with van der Waals surface area (Å²) in [4.78, 5) is 24.5. The molecule has 1 aliphatic carbocycles. The minimum atomic E-state index is -4.46. The number of nitrogen functional groups attached to an aromatic ring is 1. The summed E-state index contributed by atoms with van der Waals surface area (Å²) in [6.07, 6.45) is 5.98. The fourth-order valence-corrected chi connectivity index (χ4v) is 6.59. The molecule has 214 valence electrons. The first-order valence-corrected chi connectivity index (χ1v) is 14.5. The second-order valence-electron chi connectivity index (χ2n) is 9.69. The van der Waals surface area contributed by atoms with Gasteiger partial charge in [-0.15, -0.1) is 0 Å². The standard InChI is InChI=1S/C31H24N6O5S/c32-19-8-9-24-27(15-19)42-29-25(28(24)22-6-1-2-7-23(22)31(38)39)10-11-26(33)30(29)43(40,41)37(17-20-5-3-4-12-35-20)18-21-16-34-13-14-36-21/h1-16,33H,17-18,32H2,(H,38,39). The molecule has 0 unspecified atom stereocenters. The second kappa shape index (κ2) is 11.1. The van der Waals surface area contributed by atoms with Crippen LogP contribution in [0.15, 0.2) is 107 Å². The van der Waals surface area contributed by atoms with Crippen LogP contribution in [0.5, 0.6) is 0 Å². The number of nitrogens with one attached hydrogen (secondary N) is 1. The Morgan fingerprint density at radius 1 is 0.907 bits per heavy atom. The van der Waals surface area contributed by atoms with Crippen molar-refractivity contribution in [2.75, 3.05) is 5.73 Å². The highest BCUT2D eigenvalue weighted by Gasteiger charge is 2.34. The van der Waals surface area contributed by atoms with E-state index in [0.29, 0.717) is 39.2 Å². The molecule has 12 heteroatoms. The minimum Gasteiger partial charge on any atom is -0.478 e. The molecule has 0 atom stereocenters. The number of fused-ring (bicyclic) bond motifs is 2. The summed E-state index contributed by atoms with van der Waals surface area (Å²) in [6.45, 7) is -0.275. The van der Waals surface area contributed by atoms with E-state index < -0.39 is 16.0 Å². The lowest BCUT2D eigenvalue weighted by Crippen LogP contribution is -2.34. The molecule has 2 aliphatic rings. The summed E-state index contributed by atoms with van der Waals surface area (Å²) in [7, 11) is -4.46. The lowest BCUT2D eigenvalue weighted by Gasteiger charge is -2.24. The molecule has 2 aromatic carbocycles. The second-order valence-corrected chi connectivity index (χ2v) is 11.6. The number of aromatic nitrogens is 3. The Balaban J connectivity index is 1.63. The van der Waals surface area contributed by atoms with Gasteiger partial charge < -0.3 is 15.3 Å². The van der Waals surface area contributed by atoms with Gasteiger partial charge in [-0.3, -0.25) is 20.4 Å². The molecule has 0 radical (unpaired) electrons. The van der Waals surface area contributed by atoms with Gasteiger partial charge in [0, 0.05) is 53.1 Å². The first kappa shape index (κ1) is 27.7. The van der Waals surface area contributed by atoms with Gasteiger partial charge in [0.25, 0.3) is 0 Å². The summed E-state index contributed by atoms with van der Waals surface area (Å²) in [5.41, 5.74) is 8.67. The number of carboxylic acids is 1. The first-order valence-electron chi connectivity index (χ1n) is 13.1. The number of rotatable bonds is 8. The molecule has 3 heterocycles. The number of hydrogen-bond acceptors (Lipinski definition) is 9. The first-order chi connectivity index (χ1) is 20.7. The fourth-order valence-electron chi connectivity index (χ4n) is 5.00. The SMILES string of the molecule is N=c1ccc2c(-c3ccccc3C(=O)O)c3ccc(N)cc3oc-2c1S(=O)(=O)N(Cc1ccccn1)Cc1cnccn1. The third-order valence-corrected chi connectivity index (χ3v) is 8.77. The molecule has 4 aromatic rings. The van der Waals surface area contributed by atoms with Crippen LogP contribution < -0.4 is 11.1 Å². The molecule has 4 N–H and O–H groups in total. The van der Waals surface area contributed by atoms with Crippen LogP contribution in [0.3, 0.4) is 0 Å². The Morgan fingerprint density at radius 3 is 2.42 bits per heavy atom. The predicted octanol–water partition coefficient (Wildman–Crippen LogP) is 4.54. The molecular weight excluding hydrogens is 568 g/mol. The van der Waals surface area contributed by atoms with Crippen LogP contribution in [0, 0.1) is 5.41 Å². The molecule has 0 saturated carbocycles. The van der Waals surface area contributed by atoms with Gasteiger partial charge in [0.1, 0.15) is 5.58 Å². The van der Waals surface area contributed by atoms with Crippen molar-refractivity contribution < 1.29 is 22.7 Å². The van der Waals surface area contributed by atoms with Crippen molar-refractivity contribution >= 4 is 32.6 Å². The van der Waals surface area contributed by atoms with Crippen molar-refractivity contribution in [2.24, 2.45) is 0 Å². The highest BCUT2D eigenvalue weighted by atomic mass is 32.2. The number of aromatic carboxylic acids is 1. The van der Waals surface area contributed by atoms with E-state index in [-0.39, 0.29) is 40.2 Å². The highest BCUT2D eigenvalue weighted by molar-refractivity contribution is 7.89. The van der Waals surface area contributed by atoms with E-state index in [9.17, 15) is 18.3 Å². The van der Waals surface area contributed by atoms with Gasteiger partial charge >= 0.3 is 5.97 Å². The van der Waals surface area contributed by atoms with Crippen LogP contribution in [-0.2, 0) is 23.1 Å². The molecule has 0 saturated heterocycles. The molecular formula is C31H24N6O5S. The number of nitrogens with zero attached hydrogens (tertiary/aromatic N) is 4. The number of nitrogens with two attached hydrogens (primary N) is 1. The number of sulfonamides is 1. The number of carboxylic acid groups (broad SMARTS) is 1. The van der Waals surface area contributed by atoms with E-state index in [0.717, 1.165) is 4.31 Å². The van der Waals surface area contributed by atoms with E-state index >= 15 is 0 Å². The Bertz CT molecular complexity index is 2080. The van der Waals surface area contributed by atoms with Gasteiger partial charge in [-0.05, 0) is 48.0 Å². The van der Waals surface area contributed by atoms with Gasteiger partial charge in [0.05, 0.1) is 35.4 Å². The average Bonchev–Trinajstić information content (AvgIpc) is 3.00. The molecule has 0 fully saturated rings. The lowest BCUT2D eigenvalue weighted by molar-refractivity contribution is 0.0697. The van der Waals surface area contributed by atoms with Crippen LogP contribution >= 0.6 is 0 Å². The molecule has 11 nitrogen and oxygen atoms in total. The zero-order valence-electron chi connectivity index (χ0n) is 22.5. The van der Waals surface area contributed by atoms with Gasteiger partial charge in [-0.25, -0.2) is 13.2 Å². The van der Waals surface area contributed by atoms with Gasteiger partial charge in [-0.2, -0.15) is 4.31 Å². The number of anilines is 1. The normalized spacial score (nSPS) is 11.7. The van der Waals surface area contributed by atoms with Crippen molar-refractivity contribution in [3.05, 3.63) is 120 Å². The molecule has 6 rings (SSSR count). The van der Waals surface area contributed by atoms with Crippen LogP contribution in [0.2, 0.25) is 0 Å². The smallest absolute Gasteiger partial charge is 0.336 e. The van der Waals surface area contributed by atoms with E-state index in [1.807, 2.05) is 0 Å². The third-order valence-electron chi connectivity index (χ3n) is 6.91. The Hall–Kier alpha value is -5.46. The van der Waals surface area contributed by atoms with Gasteiger partial charge in [0.15, 0.2) is 10.7 Å². The third kappa shape index (κ3) is 5.20. The van der Waals surface area contributed by atoms with Gasteiger partial charge in [-0.1, -0.05) is 24.3 Å². The molecule has 0 amide bonds. The predicted molar refractivity (Wildman–Crippen MR) is 158 cm³/mol. The van der Waals surface area contributed by atoms with Crippen molar-refractivity contribution in [3.63, 3.8) is 0 Å². The minimum absolute atomic E-state index is 0.0203. The fraction of sp³-hybridized carbons (Fsp3) is 0.0645. The number of carbonyl (C=O) groups is 1. The monoisotopic (exact) mass is 592 g/mol. The van der Waals surface area contributed by atoms with Crippen LogP contribution in [0.4, 0.5) is 5.69 Å². The van der Waals surface area contributed by atoms with E-state index in [4.69, 9.17) is 15.6 Å².